The summed E-state index contributed by atoms with van der Waals surface area (Å²) in [7, 11) is 0. The molecule has 0 aromatic heterocycles. The molecular formula is C16H21NO2. The van der Waals surface area contributed by atoms with Gasteiger partial charge in [0, 0.05) is 13.1 Å². The van der Waals surface area contributed by atoms with E-state index in [4.69, 9.17) is 0 Å². The van der Waals surface area contributed by atoms with Crippen LogP contribution in [0.1, 0.15) is 43.2 Å². The molecule has 0 radical (unpaired) electrons. The minimum atomic E-state index is -1.08. The number of fused-ring (bicyclic) bond motifs is 1. The lowest BCUT2D eigenvalue weighted by atomic mass is 10.00. The molecule has 3 heteroatoms. The number of hydrogen-bond acceptors (Lipinski definition) is 2. The monoisotopic (exact) mass is 259 g/mol. The Balaban J connectivity index is 1.81. The second-order valence-electron chi connectivity index (χ2n) is 5.84. The fraction of sp³-hybridized carbons (Fsp3) is 0.562. The molecule has 1 aromatic rings. The molecule has 2 aliphatic rings. The van der Waals surface area contributed by atoms with E-state index in [1.54, 1.807) is 0 Å². The quantitative estimate of drug-likeness (QED) is 0.840. The Kier molecular flexibility index (Phi) is 3.31. The van der Waals surface area contributed by atoms with Crippen molar-refractivity contribution in [2.75, 3.05) is 6.54 Å². The highest BCUT2D eigenvalue weighted by Crippen LogP contribution is 2.32. The zero-order valence-electron chi connectivity index (χ0n) is 11.3. The van der Waals surface area contributed by atoms with Crippen LogP contribution in [0.2, 0.25) is 0 Å². The first-order chi connectivity index (χ1) is 9.19. The normalized spacial score (nSPS) is 21.8. The lowest BCUT2D eigenvalue weighted by Crippen LogP contribution is -2.47. The number of aryl methyl sites for hydroxylation is 1. The first-order valence-corrected chi connectivity index (χ1v) is 7.28. The van der Waals surface area contributed by atoms with Crippen LogP contribution in [0.3, 0.4) is 0 Å². The van der Waals surface area contributed by atoms with Gasteiger partial charge in [-0.25, -0.2) is 0 Å². The molecule has 0 saturated heterocycles. The minimum absolute atomic E-state index is 0.0540. The van der Waals surface area contributed by atoms with Gasteiger partial charge in [-0.05, 0) is 49.7 Å². The van der Waals surface area contributed by atoms with Gasteiger partial charge in [-0.15, -0.1) is 0 Å². The van der Waals surface area contributed by atoms with Crippen LogP contribution < -0.4 is 0 Å². The van der Waals surface area contributed by atoms with E-state index in [2.05, 4.69) is 18.2 Å². The summed E-state index contributed by atoms with van der Waals surface area (Å²) in [6, 6.07) is 8.32. The van der Waals surface area contributed by atoms with Crippen molar-refractivity contribution >= 4 is 5.91 Å². The van der Waals surface area contributed by atoms with E-state index in [1.807, 2.05) is 11.0 Å². The first kappa shape index (κ1) is 12.7. The van der Waals surface area contributed by atoms with E-state index < -0.39 is 5.60 Å². The lowest BCUT2D eigenvalue weighted by molar-refractivity contribution is -0.151. The maximum absolute atomic E-state index is 12.6. The summed E-state index contributed by atoms with van der Waals surface area (Å²) >= 11 is 0. The third-order valence-electron chi connectivity index (χ3n) is 4.47. The van der Waals surface area contributed by atoms with Crippen LogP contribution in [0.5, 0.6) is 0 Å². The van der Waals surface area contributed by atoms with Gasteiger partial charge in [0.05, 0.1) is 0 Å². The number of hydrogen-bond donors (Lipinski definition) is 1. The fourth-order valence-corrected chi connectivity index (χ4v) is 3.34. The first-order valence-electron chi connectivity index (χ1n) is 7.28. The van der Waals surface area contributed by atoms with Crippen LogP contribution in [0, 0.1) is 0 Å². The van der Waals surface area contributed by atoms with Gasteiger partial charge in [0.25, 0.3) is 5.91 Å². The third kappa shape index (κ3) is 2.39. The maximum Gasteiger partial charge on any atom is 0.254 e. The van der Waals surface area contributed by atoms with Crippen LogP contribution in [0.4, 0.5) is 0 Å². The Morgan fingerprint density at radius 3 is 2.53 bits per heavy atom. The summed E-state index contributed by atoms with van der Waals surface area (Å²) in [4.78, 5) is 14.4. The number of nitrogens with zero attached hydrogens (tertiary/aromatic N) is 1. The predicted molar refractivity (Wildman–Crippen MR) is 73.6 cm³/mol. The Labute approximate surface area is 114 Å². The van der Waals surface area contributed by atoms with E-state index in [0.29, 0.717) is 19.4 Å². The molecule has 19 heavy (non-hydrogen) atoms. The van der Waals surface area contributed by atoms with Crippen LogP contribution in [0.25, 0.3) is 0 Å². The van der Waals surface area contributed by atoms with Crippen LogP contribution in [-0.2, 0) is 17.8 Å². The maximum atomic E-state index is 12.6. The Morgan fingerprint density at radius 2 is 1.79 bits per heavy atom. The SMILES string of the molecule is O=C(N1CCCc2ccccc2C1)C1(O)CCCC1. The average molecular weight is 259 g/mol. The summed E-state index contributed by atoms with van der Waals surface area (Å²) in [6.07, 6.45) is 5.20. The van der Waals surface area contributed by atoms with E-state index in [9.17, 15) is 9.90 Å². The Morgan fingerprint density at radius 1 is 1.11 bits per heavy atom. The van der Waals surface area contributed by atoms with Crippen LogP contribution in [-0.4, -0.2) is 28.1 Å². The molecule has 1 aliphatic heterocycles. The Bertz CT molecular complexity index is 477. The molecule has 102 valence electrons. The lowest BCUT2D eigenvalue weighted by Gasteiger charge is -2.30. The highest BCUT2D eigenvalue weighted by molar-refractivity contribution is 5.85. The van der Waals surface area contributed by atoms with Gasteiger partial charge in [0.15, 0.2) is 0 Å². The molecular weight excluding hydrogens is 238 g/mol. The van der Waals surface area contributed by atoms with Crippen molar-refractivity contribution in [1.82, 2.24) is 4.90 Å². The van der Waals surface area contributed by atoms with Gasteiger partial charge in [-0.1, -0.05) is 24.3 Å². The van der Waals surface area contributed by atoms with E-state index in [0.717, 1.165) is 32.2 Å². The van der Waals surface area contributed by atoms with Crippen LogP contribution >= 0.6 is 0 Å². The largest absolute Gasteiger partial charge is 0.380 e. The summed E-state index contributed by atoms with van der Waals surface area (Å²) in [6.45, 7) is 1.41. The molecule has 0 unspecified atom stereocenters. The molecule has 1 heterocycles. The van der Waals surface area contributed by atoms with E-state index in [-0.39, 0.29) is 5.91 Å². The van der Waals surface area contributed by atoms with Gasteiger partial charge < -0.3 is 10.0 Å². The van der Waals surface area contributed by atoms with E-state index in [1.165, 1.54) is 11.1 Å². The fourth-order valence-electron chi connectivity index (χ4n) is 3.34. The zero-order valence-corrected chi connectivity index (χ0v) is 11.3. The van der Waals surface area contributed by atoms with Crippen LogP contribution in [0.15, 0.2) is 24.3 Å². The molecule has 0 bridgehead atoms. The van der Waals surface area contributed by atoms with Gasteiger partial charge >= 0.3 is 0 Å². The zero-order chi connectivity index (χ0) is 13.3. The predicted octanol–water partition coefficient (Wildman–Crippen LogP) is 2.27. The molecule has 1 aromatic carbocycles. The van der Waals surface area contributed by atoms with Crippen molar-refractivity contribution in [3.8, 4) is 0 Å². The number of benzene rings is 1. The second-order valence-corrected chi connectivity index (χ2v) is 5.84. The summed E-state index contributed by atoms with van der Waals surface area (Å²) in [5, 5.41) is 10.5. The van der Waals surface area contributed by atoms with Gasteiger partial charge in [0.1, 0.15) is 5.60 Å². The molecule has 3 rings (SSSR count). The molecule has 1 fully saturated rings. The topological polar surface area (TPSA) is 40.5 Å². The third-order valence-corrected chi connectivity index (χ3v) is 4.47. The summed E-state index contributed by atoms with van der Waals surface area (Å²) in [5.74, 6) is -0.0540. The molecule has 1 saturated carbocycles. The average Bonchev–Trinajstić information content (AvgIpc) is 2.76. The smallest absolute Gasteiger partial charge is 0.254 e. The van der Waals surface area contributed by atoms with Crippen molar-refractivity contribution < 1.29 is 9.90 Å². The highest BCUT2D eigenvalue weighted by atomic mass is 16.3. The Hall–Kier alpha value is -1.35. The highest BCUT2D eigenvalue weighted by Gasteiger charge is 2.41. The molecule has 1 aliphatic carbocycles. The molecule has 1 amide bonds. The molecule has 3 nitrogen and oxygen atoms in total. The van der Waals surface area contributed by atoms with Crippen molar-refractivity contribution in [2.45, 2.75) is 50.7 Å². The number of rotatable bonds is 1. The van der Waals surface area contributed by atoms with Gasteiger partial charge in [-0.2, -0.15) is 0 Å². The van der Waals surface area contributed by atoms with Gasteiger partial charge in [-0.3, -0.25) is 4.79 Å². The summed E-state index contributed by atoms with van der Waals surface area (Å²) in [5.41, 5.74) is 1.49. The van der Waals surface area contributed by atoms with Gasteiger partial charge in [0.2, 0.25) is 0 Å². The van der Waals surface area contributed by atoms with Crippen molar-refractivity contribution in [3.05, 3.63) is 35.4 Å². The second kappa shape index (κ2) is 4.97. The molecule has 0 atom stereocenters. The number of aliphatic hydroxyl groups is 1. The minimum Gasteiger partial charge on any atom is -0.380 e. The molecule has 0 spiro atoms. The number of amides is 1. The van der Waals surface area contributed by atoms with Crippen molar-refractivity contribution in [2.24, 2.45) is 0 Å². The standard InChI is InChI=1S/C16H21NO2/c18-15(16(19)9-3-4-10-16)17-11-5-8-13-6-1-2-7-14(13)12-17/h1-2,6-7,19H,3-5,8-12H2. The van der Waals surface area contributed by atoms with E-state index >= 15 is 0 Å². The summed E-state index contributed by atoms with van der Waals surface area (Å²) < 4.78 is 0. The number of carbonyl (C=O) groups is 1. The molecule has 1 N–H and O–H groups in total. The van der Waals surface area contributed by atoms with Crippen molar-refractivity contribution in [1.29, 1.82) is 0 Å². The van der Waals surface area contributed by atoms with Crippen molar-refractivity contribution in [3.63, 3.8) is 0 Å². The number of carbonyl (C=O) groups excluding carboxylic acids is 1.